The highest BCUT2D eigenvalue weighted by atomic mass is 15.3. The van der Waals surface area contributed by atoms with Gasteiger partial charge in [-0.2, -0.15) is 0 Å². The van der Waals surface area contributed by atoms with E-state index in [1.54, 1.807) is 22.2 Å². The molecule has 4 unspecified atom stereocenters. The molecule has 5 aromatic carbocycles. The van der Waals surface area contributed by atoms with Gasteiger partial charge in [-0.15, -0.1) is 0 Å². The van der Waals surface area contributed by atoms with Crippen LogP contribution in [0.15, 0.2) is 132 Å². The number of hydrogen-bond donors (Lipinski definition) is 0. The standard InChI is InChI=1S/C59H63BN2/c1-12-13-20-37-27-28-46-45(33-37)57(9)30-29-36(2)49-52(57)59(11)53(50-40-23-17-18-25-42(40)56(7,8)58(49,50)10)60-51-39(24-19-26-47(51)61(46)59)41-34-43-44(55(5,6)32-31-54(43,3)4)35-48(41)62(60)38-21-15-14-16-22-38/h14-19,21-30,33-36H,12-13,20,31-32H2,1-11H3. The van der Waals surface area contributed by atoms with Crippen molar-refractivity contribution in [3.05, 3.63) is 165 Å². The molecule has 5 aromatic rings. The van der Waals surface area contributed by atoms with Crippen LogP contribution in [0.4, 0.5) is 22.7 Å². The lowest BCUT2D eigenvalue weighted by molar-refractivity contribution is 0.280. The van der Waals surface area contributed by atoms with Crippen LogP contribution >= 0.6 is 0 Å². The molecule has 62 heavy (non-hydrogen) atoms. The molecule has 312 valence electrons. The van der Waals surface area contributed by atoms with E-state index in [1.165, 1.54) is 98.4 Å². The second kappa shape index (κ2) is 12.2. The Labute approximate surface area is 371 Å². The Kier molecular flexibility index (Phi) is 7.58. The number of fused-ring (bicyclic) bond motifs is 12. The summed E-state index contributed by atoms with van der Waals surface area (Å²) in [5.41, 5.74) is 23.8. The minimum Gasteiger partial charge on any atom is -0.377 e. The molecule has 0 N–H and O–H groups in total. The molecule has 0 fully saturated rings. The fraction of sp³-hybridized carbons (Fsp3) is 0.390. The summed E-state index contributed by atoms with van der Waals surface area (Å²) in [6, 6.07) is 41.3. The molecule has 0 spiro atoms. The molecule has 0 amide bonds. The molecule has 0 saturated carbocycles. The van der Waals surface area contributed by atoms with Crippen LogP contribution in [0, 0.1) is 11.3 Å². The molecule has 0 aromatic heterocycles. The molecule has 4 aliphatic carbocycles. The summed E-state index contributed by atoms with van der Waals surface area (Å²) in [5.74, 6) is 0.291. The Morgan fingerprint density at radius 1 is 0.645 bits per heavy atom. The number of para-hydroxylation sites is 1. The van der Waals surface area contributed by atoms with Crippen molar-refractivity contribution in [2.45, 2.75) is 135 Å². The van der Waals surface area contributed by atoms with E-state index in [9.17, 15) is 0 Å². The first kappa shape index (κ1) is 38.6. The highest BCUT2D eigenvalue weighted by Gasteiger charge is 2.70. The molecule has 0 radical (unpaired) electrons. The van der Waals surface area contributed by atoms with Crippen LogP contribution in [0.3, 0.4) is 0 Å². The number of nitrogens with zero attached hydrogens (tertiary/aromatic N) is 2. The Balaban J connectivity index is 1.30. The van der Waals surface area contributed by atoms with Gasteiger partial charge in [0.2, 0.25) is 0 Å². The van der Waals surface area contributed by atoms with Crippen molar-refractivity contribution in [3.8, 4) is 11.1 Å². The van der Waals surface area contributed by atoms with Crippen LogP contribution in [-0.4, -0.2) is 12.4 Å². The Hall–Kier alpha value is -5.02. The van der Waals surface area contributed by atoms with E-state index in [0.29, 0.717) is 5.92 Å². The molecular formula is C59H63BN2. The molecule has 0 saturated heterocycles. The smallest absolute Gasteiger partial charge is 0.329 e. The summed E-state index contributed by atoms with van der Waals surface area (Å²) in [6.07, 6.45) is 11.1. The predicted octanol–water partition coefficient (Wildman–Crippen LogP) is 14.4. The summed E-state index contributed by atoms with van der Waals surface area (Å²) >= 11 is 0. The number of unbranched alkanes of at least 4 members (excludes halogenated alkanes) is 1. The van der Waals surface area contributed by atoms with Crippen molar-refractivity contribution in [1.29, 1.82) is 0 Å². The highest BCUT2D eigenvalue weighted by Crippen LogP contribution is 2.74. The lowest BCUT2D eigenvalue weighted by Gasteiger charge is -2.67. The molecular weight excluding hydrogens is 747 g/mol. The molecule has 12 rings (SSSR count). The zero-order valence-electron chi connectivity index (χ0n) is 39.1. The lowest BCUT2D eigenvalue weighted by Crippen LogP contribution is -2.71. The van der Waals surface area contributed by atoms with E-state index in [0.717, 1.165) is 6.42 Å². The van der Waals surface area contributed by atoms with Crippen LogP contribution in [-0.2, 0) is 28.1 Å². The minimum absolute atomic E-state index is 0.0312. The van der Waals surface area contributed by atoms with Crippen molar-refractivity contribution in [2.24, 2.45) is 11.3 Å². The Morgan fingerprint density at radius 3 is 2.08 bits per heavy atom. The SMILES string of the molecule is CCCCc1ccc2c(c1)C1(C)C=CC(C)C3=C1C1(C)C(=C4c5ccccc5C(C)(C)C43C)B3c4c(cccc4N21)-c1cc2c(cc1N3c1ccccc1)C(C)(C)CCC2(C)C. The zero-order valence-corrected chi connectivity index (χ0v) is 39.1. The van der Waals surface area contributed by atoms with Crippen molar-refractivity contribution in [3.63, 3.8) is 0 Å². The lowest BCUT2D eigenvalue weighted by atomic mass is 9.32. The van der Waals surface area contributed by atoms with Gasteiger partial charge in [0.05, 0.1) is 5.54 Å². The third-order valence-electron chi connectivity index (χ3n) is 18.2. The maximum absolute atomic E-state index is 2.87. The fourth-order valence-electron chi connectivity index (χ4n) is 14.8. The number of benzene rings is 5. The highest BCUT2D eigenvalue weighted by molar-refractivity contribution is 6.89. The van der Waals surface area contributed by atoms with Gasteiger partial charge in [0.1, 0.15) is 0 Å². The Bertz CT molecular complexity index is 2900. The molecule has 3 heteroatoms. The number of rotatable bonds is 4. The maximum atomic E-state index is 2.87. The van der Waals surface area contributed by atoms with Gasteiger partial charge < -0.3 is 9.71 Å². The van der Waals surface area contributed by atoms with Crippen LogP contribution < -0.4 is 15.2 Å². The molecule has 2 nitrogen and oxygen atoms in total. The number of allylic oxidation sites excluding steroid dienone is 4. The van der Waals surface area contributed by atoms with E-state index in [1.807, 2.05) is 0 Å². The van der Waals surface area contributed by atoms with Crippen LogP contribution in [0.2, 0.25) is 0 Å². The van der Waals surface area contributed by atoms with Gasteiger partial charge in [0.15, 0.2) is 0 Å². The number of anilines is 4. The second-order valence-electron chi connectivity index (χ2n) is 22.6. The zero-order chi connectivity index (χ0) is 43.1. The van der Waals surface area contributed by atoms with Crippen LogP contribution in [0.5, 0.6) is 0 Å². The summed E-state index contributed by atoms with van der Waals surface area (Å²) in [5, 5.41) is 0. The van der Waals surface area contributed by atoms with Gasteiger partial charge in [-0.05, 0) is 159 Å². The Morgan fingerprint density at radius 2 is 1.34 bits per heavy atom. The molecule has 3 aliphatic heterocycles. The maximum Gasteiger partial charge on any atom is 0.329 e. The van der Waals surface area contributed by atoms with Gasteiger partial charge >= 0.3 is 6.85 Å². The molecule has 4 atom stereocenters. The van der Waals surface area contributed by atoms with Gasteiger partial charge in [0.25, 0.3) is 0 Å². The van der Waals surface area contributed by atoms with E-state index in [-0.39, 0.29) is 33.9 Å². The summed E-state index contributed by atoms with van der Waals surface area (Å²) in [4.78, 5) is 5.70. The number of aryl methyl sites for hydroxylation is 1. The normalized spacial score (nSPS) is 28.1. The largest absolute Gasteiger partial charge is 0.377 e. The molecule has 7 aliphatic rings. The first-order chi connectivity index (χ1) is 29.5. The summed E-state index contributed by atoms with van der Waals surface area (Å²) < 4.78 is 0. The van der Waals surface area contributed by atoms with E-state index in [4.69, 9.17) is 0 Å². The fourth-order valence-corrected chi connectivity index (χ4v) is 14.8. The predicted molar refractivity (Wildman–Crippen MR) is 264 cm³/mol. The van der Waals surface area contributed by atoms with Crippen molar-refractivity contribution in [1.82, 2.24) is 0 Å². The molecule has 3 heterocycles. The average molecular weight is 811 g/mol. The monoisotopic (exact) mass is 811 g/mol. The number of hydrogen-bond acceptors (Lipinski definition) is 2. The van der Waals surface area contributed by atoms with Gasteiger partial charge in [-0.3, -0.25) is 0 Å². The van der Waals surface area contributed by atoms with E-state index >= 15 is 0 Å². The van der Waals surface area contributed by atoms with Gasteiger partial charge in [-0.25, -0.2) is 0 Å². The van der Waals surface area contributed by atoms with Gasteiger partial charge in [-0.1, -0.05) is 148 Å². The first-order valence-corrected chi connectivity index (χ1v) is 23.9. The minimum atomic E-state index is -0.459. The quantitative estimate of drug-likeness (QED) is 0.132. The van der Waals surface area contributed by atoms with E-state index < -0.39 is 5.54 Å². The summed E-state index contributed by atoms with van der Waals surface area (Å²) in [7, 11) is 0. The average Bonchev–Trinajstić information content (AvgIpc) is 3.43. The molecule has 0 bridgehead atoms. The third kappa shape index (κ3) is 4.39. The summed E-state index contributed by atoms with van der Waals surface area (Å²) in [6.45, 7) is 27.8. The van der Waals surface area contributed by atoms with Crippen molar-refractivity contribution in [2.75, 3.05) is 9.71 Å². The van der Waals surface area contributed by atoms with Crippen molar-refractivity contribution < 1.29 is 0 Å². The van der Waals surface area contributed by atoms with Gasteiger partial charge in [0, 0.05) is 44.6 Å². The van der Waals surface area contributed by atoms with Crippen LogP contribution in [0.25, 0.3) is 16.7 Å². The first-order valence-electron chi connectivity index (χ1n) is 23.9. The topological polar surface area (TPSA) is 6.48 Å². The van der Waals surface area contributed by atoms with E-state index in [2.05, 4.69) is 201 Å². The van der Waals surface area contributed by atoms with Crippen LogP contribution in [0.1, 0.15) is 135 Å². The second-order valence-corrected chi connectivity index (χ2v) is 22.6. The third-order valence-corrected chi connectivity index (χ3v) is 18.2. The van der Waals surface area contributed by atoms with Crippen molar-refractivity contribution >= 4 is 40.6 Å².